The van der Waals surface area contributed by atoms with Crippen molar-refractivity contribution in [2.75, 3.05) is 6.61 Å². The predicted octanol–water partition coefficient (Wildman–Crippen LogP) is 3.58. The van der Waals surface area contributed by atoms with Crippen LogP contribution in [0.4, 0.5) is 4.39 Å². The predicted molar refractivity (Wildman–Crippen MR) is 74.2 cm³/mol. The second kappa shape index (κ2) is 6.60. The monoisotopic (exact) mass is 293 g/mol. The van der Waals surface area contributed by atoms with Gasteiger partial charge in [-0.15, -0.1) is 12.4 Å². The average molecular weight is 294 g/mol. The van der Waals surface area contributed by atoms with Crippen LogP contribution in [0.5, 0.6) is 5.75 Å². The van der Waals surface area contributed by atoms with Crippen LogP contribution in [0, 0.1) is 11.7 Å². The van der Waals surface area contributed by atoms with Crippen LogP contribution in [0.25, 0.3) is 0 Å². The van der Waals surface area contributed by atoms with E-state index in [0.717, 1.165) is 0 Å². The van der Waals surface area contributed by atoms with Gasteiger partial charge in [-0.2, -0.15) is 0 Å². The molecule has 0 saturated heterocycles. The first kappa shape index (κ1) is 15.5. The molecule has 0 radical (unpaired) electrons. The molecular formula is C13H18Cl2FNO. The lowest BCUT2D eigenvalue weighted by molar-refractivity contribution is 0.298. The van der Waals surface area contributed by atoms with Gasteiger partial charge in [0.1, 0.15) is 11.6 Å². The number of benzene rings is 1. The summed E-state index contributed by atoms with van der Waals surface area (Å²) in [4.78, 5) is 0. The van der Waals surface area contributed by atoms with Gasteiger partial charge in [-0.1, -0.05) is 11.6 Å². The highest BCUT2D eigenvalue weighted by Gasteiger charge is 2.22. The molecule has 2 N–H and O–H groups in total. The lowest BCUT2D eigenvalue weighted by atomic mass is 10.1. The van der Waals surface area contributed by atoms with Crippen LogP contribution in [0.15, 0.2) is 12.1 Å². The summed E-state index contributed by atoms with van der Waals surface area (Å²) >= 11 is 6.06. The maximum absolute atomic E-state index is 13.7. The second-order valence-corrected chi connectivity index (χ2v) is 5.22. The van der Waals surface area contributed by atoms with Gasteiger partial charge in [0.15, 0.2) is 0 Å². The van der Waals surface area contributed by atoms with Crippen LogP contribution in [0.2, 0.25) is 5.02 Å². The van der Waals surface area contributed by atoms with Crippen molar-refractivity contribution in [3.05, 3.63) is 28.5 Å². The maximum atomic E-state index is 13.7. The molecule has 2 rings (SSSR count). The highest BCUT2D eigenvalue weighted by atomic mass is 35.5. The molecule has 1 aliphatic rings. The smallest absolute Gasteiger partial charge is 0.140 e. The summed E-state index contributed by atoms with van der Waals surface area (Å²) < 4.78 is 19.2. The molecule has 0 spiro atoms. The van der Waals surface area contributed by atoms with Gasteiger partial charge in [0.25, 0.3) is 0 Å². The maximum Gasteiger partial charge on any atom is 0.140 e. The Hall–Kier alpha value is -0.510. The van der Waals surface area contributed by atoms with E-state index in [1.54, 1.807) is 6.07 Å². The Balaban J connectivity index is 0.00000162. The van der Waals surface area contributed by atoms with Gasteiger partial charge in [0.2, 0.25) is 0 Å². The third-order valence-corrected chi connectivity index (χ3v) is 3.11. The molecule has 1 aromatic carbocycles. The average Bonchev–Trinajstić information content (AvgIpc) is 3.04. The Morgan fingerprint density at radius 1 is 1.50 bits per heavy atom. The van der Waals surface area contributed by atoms with Crippen molar-refractivity contribution in [2.24, 2.45) is 11.7 Å². The highest BCUT2D eigenvalue weighted by molar-refractivity contribution is 6.32. The minimum atomic E-state index is -0.294. The Morgan fingerprint density at radius 2 is 2.17 bits per heavy atom. The van der Waals surface area contributed by atoms with E-state index in [9.17, 15) is 4.39 Å². The molecule has 102 valence electrons. The quantitative estimate of drug-likeness (QED) is 0.901. The SMILES string of the molecule is CC(N)Cc1cc(Cl)c(OCC2CC2)cc1F.Cl. The van der Waals surface area contributed by atoms with Crippen molar-refractivity contribution < 1.29 is 9.13 Å². The number of nitrogens with two attached hydrogens (primary N) is 1. The number of hydrogen-bond acceptors (Lipinski definition) is 2. The fourth-order valence-corrected chi connectivity index (χ4v) is 1.92. The fraction of sp³-hybridized carbons (Fsp3) is 0.538. The molecule has 0 amide bonds. The van der Waals surface area contributed by atoms with Crippen molar-refractivity contribution in [3.8, 4) is 5.75 Å². The van der Waals surface area contributed by atoms with Crippen LogP contribution in [-0.4, -0.2) is 12.6 Å². The van der Waals surface area contributed by atoms with Crippen molar-refractivity contribution in [1.82, 2.24) is 0 Å². The summed E-state index contributed by atoms with van der Waals surface area (Å²) in [5.41, 5.74) is 6.19. The van der Waals surface area contributed by atoms with Crippen molar-refractivity contribution in [2.45, 2.75) is 32.2 Å². The molecule has 1 fully saturated rings. The van der Waals surface area contributed by atoms with Crippen LogP contribution in [0.3, 0.4) is 0 Å². The first-order valence-corrected chi connectivity index (χ1v) is 6.30. The number of ether oxygens (including phenoxy) is 1. The Morgan fingerprint density at radius 3 is 2.72 bits per heavy atom. The van der Waals surface area contributed by atoms with Crippen LogP contribution in [-0.2, 0) is 6.42 Å². The van der Waals surface area contributed by atoms with E-state index >= 15 is 0 Å². The molecule has 1 aliphatic carbocycles. The van der Waals surface area contributed by atoms with Gasteiger partial charge in [-0.25, -0.2) is 4.39 Å². The Bertz CT molecular complexity index is 408. The lowest BCUT2D eigenvalue weighted by Gasteiger charge is -2.11. The van der Waals surface area contributed by atoms with Gasteiger partial charge in [-0.05, 0) is 43.7 Å². The van der Waals surface area contributed by atoms with Gasteiger partial charge in [-0.3, -0.25) is 0 Å². The zero-order valence-corrected chi connectivity index (χ0v) is 11.9. The normalized spacial score (nSPS) is 16.0. The topological polar surface area (TPSA) is 35.2 Å². The van der Waals surface area contributed by atoms with E-state index < -0.39 is 0 Å². The van der Waals surface area contributed by atoms with E-state index in [4.69, 9.17) is 22.1 Å². The minimum Gasteiger partial charge on any atom is -0.492 e. The first-order chi connectivity index (χ1) is 8.06. The molecule has 1 saturated carbocycles. The van der Waals surface area contributed by atoms with E-state index in [1.807, 2.05) is 6.92 Å². The largest absolute Gasteiger partial charge is 0.492 e. The third-order valence-electron chi connectivity index (χ3n) is 2.81. The van der Waals surface area contributed by atoms with Crippen molar-refractivity contribution in [1.29, 1.82) is 0 Å². The minimum absolute atomic E-state index is 0. The number of halogens is 3. The molecule has 0 bridgehead atoms. The summed E-state index contributed by atoms with van der Waals surface area (Å²) in [6.07, 6.45) is 2.88. The summed E-state index contributed by atoms with van der Waals surface area (Å²) in [6.45, 7) is 2.47. The first-order valence-electron chi connectivity index (χ1n) is 5.92. The van der Waals surface area contributed by atoms with Crippen LogP contribution >= 0.6 is 24.0 Å². The van der Waals surface area contributed by atoms with Crippen LogP contribution < -0.4 is 10.5 Å². The molecule has 0 aromatic heterocycles. The molecule has 1 aromatic rings. The Labute approximate surface area is 118 Å². The molecule has 2 nitrogen and oxygen atoms in total. The summed E-state index contributed by atoms with van der Waals surface area (Å²) in [6, 6.07) is 2.89. The molecule has 5 heteroatoms. The number of hydrogen-bond donors (Lipinski definition) is 1. The third kappa shape index (κ3) is 4.30. The second-order valence-electron chi connectivity index (χ2n) is 4.81. The van der Waals surface area contributed by atoms with Crippen molar-refractivity contribution in [3.63, 3.8) is 0 Å². The van der Waals surface area contributed by atoms with Gasteiger partial charge in [0.05, 0.1) is 11.6 Å². The van der Waals surface area contributed by atoms with Gasteiger partial charge >= 0.3 is 0 Å². The molecule has 0 heterocycles. The summed E-state index contributed by atoms with van der Waals surface area (Å²) in [7, 11) is 0. The van der Waals surface area contributed by atoms with E-state index in [-0.39, 0.29) is 24.3 Å². The molecule has 18 heavy (non-hydrogen) atoms. The summed E-state index contributed by atoms with van der Waals surface area (Å²) in [5.74, 6) is 0.764. The lowest BCUT2D eigenvalue weighted by Crippen LogP contribution is -2.18. The highest BCUT2D eigenvalue weighted by Crippen LogP contribution is 2.33. The molecule has 1 atom stereocenters. The van der Waals surface area contributed by atoms with Crippen molar-refractivity contribution >= 4 is 24.0 Å². The zero-order chi connectivity index (χ0) is 12.4. The Kier molecular flexibility index (Phi) is 5.70. The standard InChI is InChI=1S/C13H17ClFNO.ClH/c1-8(16)4-10-5-11(14)13(6-12(10)15)17-7-9-2-3-9;/h5-6,8-9H,2-4,7,16H2,1H3;1H. The van der Waals surface area contributed by atoms with E-state index in [1.165, 1.54) is 18.9 Å². The summed E-state index contributed by atoms with van der Waals surface area (Å²) in [5, 5.41) is 0.461. The van der Waals surface area contributed by atoms with Gasteiger partial charge in [0, 0.05) is 12.1 Å². The fourth-order valence-electron chi connectivity index (χ4n) is 1.68. The number of rotatable bonds is 5. The van der Waals surface area contributed by atoms with E-state index in [0.29, 0.717) is 35.3 Å². The molecule has 0 aliphatic heterocycles. The van der Waals surface area contributed by atoms with Crippen LogP contribution in [0.1, 0.15) is 25.3 Å². The molecular weight excluding hydrogens is 276 g/mol. The zero-order valence-electron chi connectivity index (χ0n) is 10.3. The molecule has 1 unspecified atom stereocenters. The van der Waals surface area contributed by atoms with Gasteiger partial charge < -0.3 is 10.5 Å². The van der Waals surface area contributed by atoms with E-state index in [2.05, 4.69) is 0 Å².